The predicted octanol–water partition coefficient (Wildman–Crippen LogP) is 3.69. The minimum absolute atomic E-state index is 0.147. The van der Waals surface area contributed by atoms with E-state index in [1.165, 1.54) is 35.1 Å². The van der Waals surface area contributed by atoms with Crippen LogP contribution in [-0.4, -0.2) is 35.4 Å². The third kappa shape index (κ3) is 4.38. The smallest absolute Gasteiger partial charge is 0.406 e. The van der Waals surface area contributed by atoms with Crippen LogP contribution in [0.1, 0.15) is 5.69 Å². The highest BCUT2D eigenvalue weighted by molar-refractivity contribution is 7.90. The molecular formula is C21H17FN4O4S. The third-order valence-electron chi connectivity index (χ3n) is 4.52. The van der Waals surface area contributed by atoms with Crippen molar-refractivity contribution in [1.29, 1.82) is 0 Å². The first kappa shape index (κ1) is 20.5. The lowest BCUT2D eigenvalue weighted by molar-refractivity contribution is 0.211. The van der Waals surface area contributed by atoms with Gasteiger partial charge in [0.2, 0.25) is 0 Å². The number of rotatable bonds is 4. The van der Waals surface area contributed by atoms with E-state index in [1.807, 2.05) is 0 Å². The highest BCUT2D eigenvalue weighted by Gasteiger charge is 2.14. The lowest BCUT2D eigenvalue weighted by Gasteiger charge is -2.11. The number of fused-ring (bicyclic) bond motifs is 1. The largest absolute Gasteiger partial charge is 0.432 e. The molecule has 10 heteroatoms. The number of aromatic nitrogens is 3. The summed E-state index contributed by atoms with van der Waals surface area (Å²) in [4.78, 5) is 20.9. The van der Waals surface area contributed by atoms with Gasteiger partial charge in [-0.1, -0.05) is 12.1 Å². The Morgan fingerprint density at radius 1 is 1.16 bits per heavy atom. The van der Waals surface area contributed by atoms with Crippen LogP contribution < -0.4 is 10.2 Å². The number of ether oxygens (including phenoxy) is 1. The highest BCUT2D eigenvalue weighted by atomic mass is 32.2. The van der Waals surface area contributed by atoms with Crippen molar-refractivity contribution in [3.05, 3.63) is 72.4 Å². The van der Waals surface area contributed by atoms with Crippen molar-refractivity contribution in [2.45, 2.75) is 11.8 Å². The topological polar surface area (TPSA) is 103 Å². The van der Waals surface area contributed by atoms with Gasteiger partial charge in [0.15, 0.2) is 21.4 Å². The third-order valence-corrected chi connectivity index (χ3v) is 5.63. The molecule has 2 aromatic carbocycles. The molecule has 0 fully saturated rings. The Labute approximate surface area is 177 Å². The summed E-state index contributed by atoms with van der Waals surface area (Å²) in [5.74, 6) is 0.0531. The molecule has 0 radical (unpaired) electrons. The van der Waals surface area contributed by atoms with Gasteiger partial charge in [-0.15, -0.1) is 0 Å². The summed E-state index contributed by atoms with van der Waals surface area (Å²) < 4.78 is 43.5. The molecule has 4 rings (SSSR count). The molecule has 2 aromatic heterocycles. The molecule has 0 saturated carbocycles. The van der Waals surface area contributed by atoms with Crippen LogP contribution in [0.5, 0.6) is 5.75 Å². The molecule has 0 atom stereocenters. The van der Waals surface area contributed by atoms with E-state index in [0.29, 0.717) is 28.0 Å². The van der Waals surface area contributed by atoms with Gasteiger partial charge >= 0.3 is 6.09 Å². The molecule has 31 heavy (non-hydrogen) atoms. The maximum Gasteiger partial charge on any atom is 0.432 e. The molecule has 4 aromatic rings. The van der Waals surface area contributed by atoms with Gasteiger partial charge in [0.05, 0.1) is 22.3 Å². The number of amides is 1. The molecule has 1 N–H and O–H groups in total. The number of sulfone groups is 1. The number of nitrogens with one attached hydrogen (secondary N) is 1. The summed E-state index contributed by atoms with van der Waals surface area (Å²) in [5, 5.41) is 0.641. The molecule has 8 nitrogen and oxygen atoms in total. The summed E-state index contributed by atoms with van der Waals surface area (Å²) in [6.45, 7) is 1.64. The zero-order valence-electron chi connectivity index (χ0n) is 16.5. The summed E-state index contributed by atoms with van der Waals surface area (Å²) in [7, 11) is -3.34. The first-order chi connectivity index (χ1) is 14.7. The number of benzene rings is 2. The van der Waals surface area contributed by atoms with Crippen LogP contribution in [-0.2, 0) is 9.84 Å². The Kier molecular flexibility index (Phi) is 5.15. The zero-order chi connectivity index (χ0) is 22.2. The van der Waals surface area contributed by atoms with Gasteiger partial charge in [-0.2, -0.15) is 0 Å². The van der Waals surface area contributed by atoms with Crippen molar-refractivity contribution in [2.24, 2.45) is 0 Å². The Bertz CT molecular complexity index is 1420. The van der Waals surface area contributed by atoms with E-state index in [0.717, 1.165) is 6.26 Å². The fraction of sp³-hybridized carbons (Fsp3) is 0.0952. The molecule has 0 aliphatic rings. The molecule has 158 valence electrons. The molecule has 1 amide bonds. The van der Waals surface area contributed by atoms with E-state index in [4.69, 9.17) is 4.74 Å². The molecule has 0 bridgehead atoms. The van der Waals surface area contributed by atoms with Crippen molar-refractivity contribution in [3.63, 3.8) is 0 Å². The maximum absolute atomic E-state index is 13.4. The van der Waals surface area contributed by atoms with Crippen LogP contribution in [0, 0.1) is 12.7 Å². The lowest BCUT2D eigenvalue weighted by atomic mass is 10.2. The fourth-order valence-electron chi connectivity index (χ4n) is 2.99. The molecule has 0 unspecified atom stereocenters. The zero-order valence-corrected chi connectivity index (χ0v) is 17.4. The van der Waals surface area contributed by atoms with Crippen molar-refractivity contribution in [1.82, 2.24) is 14.6 Å². The Balaban J connectivity index is 1.51. The van der Waals surface area contributed by atoms with Gasteiger partial charge in [-0.3, -0.25) is 4.68 Å². The van der Waals surface area contributed by atoms with Crippen molar-refractivity contribution in [2.75, 3.05) is 11.7 Å². The second-order valence-electron chi connectivity index (χ2n) is 6.83. The Morgan fingerprint density at radius 2 is 1.97 bits per heavy atom. The van der Waals surface area contributed by atoms with Crippen molar-refractivity contribution >= 4 is 26.8 Å². The quantitative estimate of drug-likeness (QED) is 0.519. The highest BCUT2D eigenvalue weighted by Crippen LogP contribution is 2.22. The first-order valence-electron chi connectivity index (χ1n) is 9.10. The normalized spacial score (nSPS) is 11.5. The first-order valence-corrected chi connectivity index (χ1v) is 11.0. The van der Waals surface area contributed by atoms with Gasteiger partial charge < -0.3 is 4.74 Å². The second-order valence-corrected chi connectivity index (χ2v) is 8.85. The number of carbonyl (C=O) groups is 1. The van der Waals surface area contributed by atoms with Crippen LogP contribution in [0.15, 0.2) is 65.8 Å². The molecule has 0 aliphatic carbocycles. The van der Waals surface area contributed by atoms with Crippen LogP contribution >= 0.6 is 0 Å². The average molecular weight is 440 g/mol. The SMILES string of the molecule is Cc1nc(-c2cccc(F)c2)ncc1OC(=O)Nn1ccc2cc(S(C)(=O)=O)ccc21. The average Bonchev–Trinajstić information content (AvgIpc) is 3.11. The molecule has 0 saturated heterocycles. The van der Waals surface area contributed by atoms with Gasteiger partial charge in [-0.25, -0.2) is 33.0 Å². The fourth-order valence-corrected chi connectivity index (χ4v) is 3.65. The van der Waals surface area contributed by atoms with Crippen molar-refractivity contribution in [3.8, 4) is 17.1 Å². The maximum atomic E-state index is 13.4. The molecule has 0 aliphatic heterocycles. The van der Waals surface area contributed by atoms with E-state index in [2.05, 4.69) is 15.4 Å². The number of halogens is 1. The predicted molar refractivity (Wildman–Crippen MR) is 113 cm³/mol. The van der Waals surface area contributed by atoms with Gasteiger partial charge in [0.25, 0.3) is 0 Å². The summed E-state index contributed by atoms with van der Waals surface area (Å²) in [6.07, 6.45) is 3.27. The van der Waals surface area contributed by atoms with Crippen molar-refractivity contribution < 1.29 is 22.3 Å². The van der Waals surface area contributed by atoms with Gasteiger partial charge in [-0.05, 0) is 43.3 Å². The minimum Gasteiger partial charge on any atom is -0.406 e. The second kappa shape index (κ2) is 7.80. The number of aryl methyl sites for hydroxylation is 1. The Morgan fingerprint density at radius 3 is 2.68 bits per heavy atom. The number of nitrogens with zero attached hydrogens (tertiary/aromatic N) is 3. The lowest BCUT2D eigenvalue weighted by Crippen LogP contribution is -2.25. The Hall–Kier alpha value is -3.79. The standard InChI is InChI=1S/C21H17FN4O4S/c1-13-19(12-23-20(24-13)15-4-3-5-16(22)10-15)30-21(27)25-26-9-8-14-11-17(31(2,28)29)6-7-18(14)26/h3-12H,1-2H3,(H,25,27). The number of hydrogen-bond donors (Lipinski definition) is 1. The van der Waals surface area contributed by atoms with Crippen LogP contribution in [0.3, 0.4) is 0 Å². The summed E-state index contributed by atoms with van der Waals surface area (Å²) in [5.41, 5.74) is 4.06. The van der Waals surface area contributed by atoms with E-state index >= 15 is 0 Å². The van der Waals surface area contributed by atoms with Crippen LogP contribution in [0.2, 0.25) is 0 Å². The minimum atomic E-state index is -3.34. The van der Waals surface area contributed by atoms with Gasteiger partial charge in [0.1, 0.15) is 5.82 Å². The molecule has 0 spiro atoms. The number of carbonyl (C=O) groups excluding carboxylic acids is 1. The van der Waals surface area contributed by atoms with E-state index in [1.54, 1.807) is 37.4 Å². The monoisotopic (exact) mass is 440 g/mol. The van der Waals surface area contributed by atoms with Crippen LogP contribution in [0.4, 0.5) is 9.18 Å². The van der Waals surface area contributed by atoms with E-state index in [-0.39, 0.29) is 10.6 Å². The number of hydrogen-bond acceptors (Lipinski definition) is 6. The van der Waals surface area contributed by atoms with E-state index < -0.39 is 21.7 Å². The molecule has 2 heterocycles. The van der Waals surface area contributed by atoms with Crippen LogP contribution in [0.25, 0.3) is 22.3 Å². The summed E-state index contributed by atoms with van der Waals surface area (Å²) in [6, 6.07) is 12.1. The summed E-state index contributed by atoms with van der Waals surface area (Å²) >= 11 is 0. The van der Waals surface area contributed by atoms with Gasteiger partial charge in [0, 0.05) is 23.4 Å². The van der Waals surface area contributed by atoms with E-state index in [9.17, 15) is 17.6 Å². The molecular weight excluding hydrogens is 423 g/mol.